The number of hydrogen-bond acceptors (Lipinski definition) is 2. The van der Waals surface area contributed by atoms with Crippen LogP contribution in [0, 0.1) is 11.7 Å². The molecule has 1 aromatic carbocycles. The quantitative estimate of drug-likeness (QED) is 0.870. The molecule has 18 heavy (non-hydrogen) atoms. The van der Waals surface area contributed by atoms with E-state index < -0.39 is 0 Å². The Bertz CT molecular complexity index is 357. The highest BCUT2D eigenvalue weighted by Gasteiger charge is 2.18. The first kappa shape index (κ1) is 13.5. The maximum Gasteiger partial charge on any atom is 0.123 e. The summed E-state index contributed by atoms with van der Waals surface area (Å²) in [6, 6.07) is 6.49. The topological polar surface area (TPSA) is 29.3 Å². The van der Waals surface area contributed by atoms with Crippen LogP contribution in [0.4, 0.5) is 4.39 Å². The third-order valence-corrected chi connectivity index (χ3v) is 3.85. The van der Waals surface area contributed by atoms with Gasteiger partial charge in [0, 0.05) is 19.1 Å². The number of halogens is 1. The summed E-state index contributed by atoms with van der Waals surface area (Å²) in [7, 11) is 2.13. The average molecular weight is 250 g/mol. The van der Waals surface area contributed by atoms with Crippen molar-refractivity contribution in [2.24, 2.45) is 11.7 Å². The van der Waals surface area contributed by atoms with Crippen molar-refractivity contribution in [3.05, 3.63) is 35.6 Å². The third kappa shape index (κ3) is 3.79. The SMILES string of the molecule is CN(CC1CCCC1)CC(N)c1ccc(F)cc1. The largest absolute Gasteiger partial charge is 0.323 e. The summed E-state index contributed by atoms with van der Waals surface area (Å²) in [6.07, 6.45) is 5.47. The molecule has 0 heterocycles. The Morgan fingerprint density at radius 2 is 1.89 bits per heavy atom. The van der Waals surface area contributed by atoms with E-state index in [1.54, 1.807) is 12.1 Å². The van der Waals surface area contributed by atoms with E-state index >= 15 is 0 Å². The van der Waals surface area contributed by atoms with E-state index in [4.69, 9.17) is 5.73 Å². The lowest BCUT2D eigenvalue weighted by Crippen LogP contribution is -2.32. The zero-order chi connectivity index (χ0) is 13.0. The molecule has 3 heteroatoms. The number of likely N-dealkylation sites (N-methyl/N-ethyl adjacent to an activating group) is 1. The van der Waals surface area contributed by atoms with E-state index in [0.717, 1.165) is 24.6 Å². The summed E-state index contributed by atoms with van der Waals surface area (Å²) in [5, 5.41) is 0. The van der Waals surface area contributed by atoms with Crippen molar-refractivity contribution in [3.63, 3.8) is 0 Å². The van der Waals surface area contributed by atoms with Crippen LogP contribution in [0.2, 0.25) is 0 Å². The van der Waals surface area contributed by atoms with Crippen LogP contribution < -0.4 is 5.73 Å². The van der Waals surface area contributed by atoms with Gasteiger partial charge in [-0.1, -0.05) is 25.0 Å². The molecule has 1 unspecified atom stereocenters. The summed E-state index contributed by atoms with van der Waals surface area (Å²) < 4.78 is 12.8. The van der Waals surface area contributed by atoms with Crippen LogP contribution in [-0.4, -0.2) is 25.0 Å². The average Bonchev–Trinajstić information content (AvgIpc) is 2.82. The van der Waals surface area contributed by atoms with Gasteiger partial charge in [-0.15, -0.1) is 0 Å². The molecule has 1 atom stereocenters. The zero-order valence-corrected chi connectivity index (χ0v) is 11.1. The number of hydrogen-bond donors (Lipinski definition) is 1. The number of benzene rings is 1. The van der Waals surface area contributed by atoms with Crippen molar-refractivity contribution >= 4 is 0 Å². The van der Waals surface area contributed by atoms with Crippen molar-refractivity contribution in [2.45, 2.75) is 31.7 Å². The van der Waals surface area contributed by atoms with Gasteiger partial charge in [-0.2, -0.15) is 0 Å². The number of nitrogens with zero attached hydrogens (tertiary/aromatic N) is 1. The Morgan fingerprint density at radius 3 is 2.50 bits per heavy atom. The first-order valence-electron chi connectivity index (χ1n) is 6.85. The van der Waals surface area contributed by atoms with Gasteiger partial charge in [0.1, 0.15) is 5.82 Å². The molecule has 0 spiro atoms. The maximum atomic E-state index is 12.8. The fraction of sp³-hybridized carbons (Fsp3) is 0.600. The van der Waals surface area contributed by atoms with Crippen LogP contribution in [0.1, 0.15) is 37.3 Å². The molecule has 0 radical (unpaired) electrons. The third-order valence-electron chi connectivity index (χ3n) is 3.85. The van der Waals surface area contributed by atoms with Crippen molar-refractivity contribution in [1.82, 2.24) is 4.90 Å². The van der Waals surface area contributed by atoms with Crippen molar-refractivity contribution < 1.29 is 4.39 Å². The van der Waals surface area contributed by atoms with Crippen LogP contribution in [0.3, 0.4) is 0 Å². The van der Waals surface area contributed by atoms with Crippen LogP contribution in [0.15, 0.2) is 24.3 Å². The second-order valence-electron chi connectivity index (χ2n) is 5.53. The van der Waals surface area contributed by atoms with Gasteiger partial charge in [0.2, 0.25) is 0 Å². The van der Waals surface area contributed by atoms with Gasteiger partial charge >= 0.3 is 0 Å². The van der Waals surface area contributed by atoms with Gasteiger partial charge < -0.3 is 10.6 Å². The lowest BCUT2D eigenvalue weighted by atomic mass is 10.1. The second kappa shape index (κ2) is 6.30. The molecule has 2 N–H and O–H groups in total. The highest BCUT2D eigenvalue weighted by atomic mass is 19.1. The molecule has 1 aromatic rings. The van der Waals surface area contributed by atoms with Crippen LogP contribution in [0.5, 0.6) is 0 Å². The Labute approximate surface area is 109 Å². The summed E-state index contributed by atoms with van der Waals surface area (Å²) in [5.74, 6) is 0.640. The molecule has 1 aliphatic carbocycles. The smallest absolute Gasteiger partial charge is 0.123 e. The summed E-state index contributed by atoms with van der Waals surface area (Å²) in [5.41, 5.74) is 7.17. The van der Waals surface area contributed by atoms with Gasteiger partial charge in [0.25, 0.3) is 0 Å². The Kier molecular flexibility index (Phi) is 4.72. The van der Waals surface area contributed by atoms with E-state index in [1.807, 2.05) is 0 Å². The van der Waals surface area contributed by atoms with Gasteiger partial charge in [0.05, 0.1) is 0 Å². The molecule has 100 valence electrons. The molecule has 0 saturated heterocycles. The van der Waals surface area contributed by atoms with Crippen molar-refractivity contribution in [3.8, 4) is 0 Å². The zero-order valence-electron chi connectivity index (χ0n) is 11.1. The highest BCUT2D eigenvalue weighted by molar-refractivity contribution is 5.19. The Morgan fingerprint density at radius 1 is 1.28 bits per heavy atom. The molecule has 1 saturated carbocycles. The molecule has 1 fully saturated rings. The molecule has 0 aromatic heterocycles. The first-order chi connectivity index (χ1) is 8.65. The highest BCUT2D eigenvalue weighted by Crippen LogP contribution is 2.25. The summed E-state index contributed by atoms with van der Waals surface area (Å²) >= 11 is 0. The fourth-order valence-corrected chi connectivity index (χ4v) is 2.86. The Balaban J connectivity index is 1.82. The number of nitrogens with two attached hydrogens (primary N) is 1. The summed E-state index contributed by atoms with van der Waals surface area (Å²) in [4.78, 5) is 2.31. The first-order valence-corrected chi connectivity index (χ1v) is 6.85. The van der Waals surface area contributed by atoms with Gasteiger partial charge in [0.15, 0.2) is 0 Å². The van der Waals surface area contributed by atoms with Crippen molar-refractivity contribution in [1.29, 1.82) is 0 Å². The molecule has 0 amide bonds. The van der Waals surface area contributed by atoms with E-state index in [2.05, 4.69) is 11.9 Å². The lowest BCUT2D eigenvalue weighted by Gasteiger charge is -2.24. The lowest BCUT2D eigenvalue weighted by molar-refractivity contribution is 0.263. The molecular formula is C15H23FN2. The van der Waals surface area contributed by atoms with Crippen LogP contribution in [0.25, 0.3) is 0 Å². The van der Waals surface area contributed by atoms with E-state index in [9.17, 15) is 4.39 Å². The maximum absolute atomic E-state index is 12.8. The molecule has 0 bridgehead atoms. The molecule has 0 aliphatic heterocycles. The fourth-order valence-electron chi connectivity index (χ4n) is 2.86. The van der Waals surface area contributed by atoms with Crippen LogP contribution >= 0.6 is 0 Å². The Hall–Kier alpha value is -0.930. The van der Waals surface area contributed by atoms with Crippen LogP contribution in [-0.2, 0) is 0 Å². The van der Waals surface area contributed by atoms with Crippen molar-refractivity contribution in [2.75, 3.05) is 20.1 Å². The van der Waals surface area contributed by atoms with Gasteiger partial charge in [-0.25, -0.2) is 4.39 Å². The second-order valence-corrected chi connectivity index (χ2v) is 5.53. The minimum absolute atomic E-state index is 0.0306. The molecular weight excluding hydrogens is 227 g/mol. The minimum Gasteiger partial charge on any atom is -0.323 e. The van der Waals surface area contributed by atoms with E-state index in [-0.39, 0.29) is 11.9 Å². The minimum atomic E-state index is -0.203. The predicted molar refractivity (Wildman–Crippen MR) is 72.8 cm³/mol. The summed E-state index contributed by atoms with van der Waals surface area (Å²) in [6.45, 7) is 1.97. The standard InChI is InChI=1S/C15H23FN2/c1-18(10-12-4-2-3-5-12)11-15(17)13-6-8-14(16)9-7-13/h6-9,12,15H,2-5,10-11,17H2,1H3. The normalized spacial score (nSPS) is 18.4. The van der Waals surface area contributed by atoms with E-state index in [0.29, 0.717) is 0 Å². The molecule has 1 aliphatic rings. The predicted octanol–water partition coefficient (Wildman–Crippen LogP) is 2.95. The molecule has 2 nitrogen and oxygen atoms in total. The van der Waals surface area contributed by atoms with E-state index in [1.165, 1.54) is 37.8 Å². The number of rotatable bonds is 5. The van der Waals surface area contributed by atoms with Gasteiger partial charge in [-0.05, 0) is 43.5 Å². The monoisotopic (exact) mass is 250 g/mol. The van der Waals surface area contributed by atoms with Gasteiger partial charge in [-0.3, -0.25) is 0 Å². The molecule has 2 rings (SSSR count).